The number of hydrogen-bond donors (Lipinski definition) is 1. The van der Waals surface area contributed by atoms with Crippen molar-refractivity contribution in [3.05, 3.63) is 65.0 Å². The molecular formula is C16H14FNO2. The average Bonchev–Trinajstić information content (AvgIpc) is 2.45. The Balaban J connectivity index is 2.23. The Morgan fingerprint density at radius 2 is 2.05 bits per heavy atom. The van der Waals surface area contributed by atoms with Crippen molar-refractivity contribution in [1.29, 1.82) is 5.26 Å². The fourth-order valence-electron chi connectivity index (χ4n) is 1.89. The van der Waals surface area contributed by atoms with Crippen LogP contribution >= 0.6 is 0 Å². The lowest BCUT2D eigenvalue weighted by atomic mass is 10.1. The average molecular weight is 271 g/mol. The van der Waals surface area contributed by atoms with Gasteiger partial charge in [0.2, 0.25) is 0 Å². The number of rotatable bonds is 4. The molecule has 2 rings (SSSR count). The smallest absolute Gasteiger partial charge is 0.128 e. The second-order valence-electron chi connectivity index (χ2n) is 4.42. The number of nitriles is 1. The van der Waals surface area contributed by atoms with Crippen molar-refractivity contribution in [3.63, 3.8) is 0 Å². The molecule has 0 radical (unpaired) electrons. The molecule has 102 valence electrons. The van der Waals surface area contributed by atoms with Crippen molar-refractivity contribution in [3.8, 4) is 11.8 Å². The Labute approximate surface area is 116 Å². The van der Waals surface area contributed by atoms with Crippen LogP contribution in [0.5, 0.6) is 5.75 Å². The van der Waals surface area contributed by atoms with E-state index in [1.165, 1.54) is 18.2 Å². The van der Waals surface area contributed by atoms with Crippen LogP contribution in [0.2, 0.25) is 0 Å². The summed E-state index contributed by atoms with van der Waals surface area (Å²) < 4.78 is 18.8. The normalized spacial score (nSPS) is 11.7. The lowest BCUT2D eigenvalue weighted by Gasteiger charge is -2.14. The monoisotopic (exact) mass is 271 g/mol. The first-order valence-corrected chi connectivity index (χ1v) is 6.20. The van der Waals surface area contributed by atoms with Gasteiger partial charge >= 0.3 is 0 Å². The fourth-order valence-corrected chi connectivity index (χ4v) is 1.89. The summed E-state index contributed by atoms with van der Waals surface area (Å²) in [6, 6.07) is 13.1. The van der Waals surface area contributed by atoms with Gasteiger partial charge in [-0.15, -0.1) is 0 Å². The third-order valence-electron chi connectivity index (χ3n) is 2.95. The minimum atomic E-state index is -0.753. The molecule has 0 heterocycles. The van der Waals surface area contributed by atoms with Crippen LogP contribution in [0.4, 0.5) is 4.39 Å². The third-order valence-corrected chi connectivity index (χ3v) is 2.95. The second-order valence-corrected chi connectivity index (χ2v) is 4.42. The van der Waals surface area contributed by atoms with Gasteiger partial charge < -0.3 is 9.84 Å². The molecule has 4 heteroatoms. The number of halogens is 1. The van der Waals surface area contributed by atoms with E-state index in [0.717, 1.165) is 5.56 Å². The summed E-state index contributed by atoms with van der Waals surface area (Å²) in [6.45, 7) is 1.73. The maximum absolute atomic E-state index is 13.3. The Kier molecular flexibility index (Phi) is 4.34. The van der Waals surface area contributed by atoms with Gasteiger partial charge in [0.25, 0.3) is 0 Å². The molecule has 3 nitrogen and oxygen atoms in total. The van der Waals surface area contributed by atoms with E-state index in [1.54, 1.807) is 31.2 Å². The SMILES string of the molecule is CC(O)c1ccc(F)cc1OCc1ccccc1C#N. The van der Waals surface area contributed by atoms with E-state index in [0.29, 0.717) is 11.1 Å². The molecular weight excluding hydrogens is 257 g/mol. The molecule has 0 bridgehead atoms. The molecule has 0 saturated carbocycles. The Bertz CT molecular complexity index is 647. The lowest BCUT2D eigenvalue weighted by Crippen LogP contribution is -2.03. The van der Waals surface area contributed by atoms with E-state index < -0.39 is 11.9 Å². The minimum Gasteiger partial charge on any atom is -0.488 e. The molecule has 0 amide bonds. The zero-order chi connectivity index (χ0) is 14.5. The maximum atomic E-state index is 13.3. The summed E-state index contributed by atoms with van der Waals surface area (Å²) >= 11 is 0. The second kappa shape index (κ2) is 6.18. The van der Waals surface area contributed by atoms with Crippen LogP contribution in [0.25, 0.3) is 0 Å². The number of aliphatic hydroxyl groups is 1. The molecule has 0 saturated heterocycles. The van der Waals surface area contributed by atoms with Crippen LogP contribution in [0.15, 0.2) is 42.5 Å². The van der Waals surface area contributed by atoms with Crippen molar-refractivity contribution >= 4 is 0 Å². The highest BCUT2D eigenvalue weighted by Crippen LogP contribution is 2.27. The molecule has 0 aromatic heterocycles. The highest BCUT2D eigenvalue weighted by molar-refractivity contribution is 5.39. The molecule has 1 atom stereocenters. The zero-order valence-corrected chi connectivity index (χ0v) is 11.0. The fraction of sp³-hybridized carbons (Fsp3) is 0.188. The van der Waals surface area contributed by atoms with Crippen LogP contribution in [0.3, 0.4) is 0 Å². The first-order valence-electron chi connectivity index (χ1n) is 6.20. The van der Waals surface area contributed by atoms with Crippen LogP contribution in [-0.4, -0.2) is 5.11 Å². The van der Waals surface area contributed by atoms with E-state index in [1.807, 2.05) is 0 Å². The topological polar surface area (TPSA) is 53.2 Å². The number of ether oxygens (including phenoxy) is 1. The third kappa shape index (κ3) is 3.14. The number of benzene rings is 2. The summed E-state index contributed by atoms with van der Waals surface area (Å²) in [5, 5.41) is 18.6. The van der Waals surface area contributed by atoms with Crippen LogP contribution in [-0.2, 0) is 6.61 Å². The first-order chi connectivity index (χ1) is 9.61. The Morgan fingerprint density at radius 3 is 2.75 bits per heavy atom. The van der Waals surface area contributed by atoms with Gasteiger partial charge in [0.1, 0.15) is 18.2 Å². The zero-order valence-electron chi connectivity index (χ0n) is 11.0. The Morgan fingerprint density at radius 1 is 1.30 bits per heavy atom. The van der Waals surface area contributed by atoms with Crippen LogP contribution in [0.1, 0.15) is 29.7 Å². The van der Waals surface area contributed by atoms with E-state index >= 15 is 0 Å². The molecule has 2 aromatic rings. The standard InChI is InChI=1S/C16H14FNO2/c1-11(19)15-7-6-14(17)8-16(15)20-10-13-5-3-2-4-12(13)9-18/h2-8,11,19H,10H2,1H3. The van der Waals surface area contributed by atoms with E-state index in [-0.39, 0.29) is 12.4 Å². The number of hydrogen-bond acceptors (Lipinski definition) is 3. The molecule has 2 aromatic carbocycles. The maximum Gasteiger partial charge on any atom is 0.128 e. The highest BCUT2D eigenvalue weighted by Gasteiger charge is 2.11. The van der Waals surface area contributed by atoms with E-state index in [9.17, 15) is 9.50 Å². The quantitative estimate of drug-likeness (QED) is 0.928. The van der Waals surface area contributed by atoms with Crippen molar-refractivity contribution < 1.29 is 14.2 Å². The molecule has 0 aliphatic heterocycles. The summed E-state index contributed by atoms with van der Waals surface area (Å²) in [5.74, 6) is -0.147. The van der Waals surface area contributed by atoms with Crippen molar-refractivity contribution in [2.24, 2.45) is 0 Å². The van der Waals surface area contributed by atoms with Gasteiger partial charge in [0.15, 0.2) is 0 Å². The predicted molar refractivity (Wildman–Crippen MR) is 72.5 cm³/mol. The van der Waals surface area contributed by atoms with Crippen molar-refractivity contribution in [1.82, 2.24) is 0 Å². The molecule has 0 spiro atoms. The number of aliphatic hydroxyl groups excluding tert-OH is 1. The van der Waals surface area contributed by atoms with Crippen LogP contribution in [0, 0.1) is 17.1 Å². The molecule has 20 heavy (non-hydrogen) atoms. The Hall–Kier alpha value is -2.38. The van der Waals surface area contributed by atoms with Gasteiger partial charge in [0.05, 0.1) is 17.7 Å². The molecule has 1 N–H and O–H groups in total. The molecule has 0 aliphatic carbocycles. The molecule has 1 unspecified atom stereocenters. The lowest BCUT2D eigenvalue weighted by molar-refractivity contribution is 0.190. The molecule has 0 aliphatic rings. The van der Waals surface area contributed by atoms with E-state index in [4.69, 9.17) is 10.00 Å². The van der Waals surface area contributed by atoms with Gasteiger partial charge in [0, 0.05) is 17.2 Å². The minimum absolute atomic E-state index is 0.146. The largest absolute Gasteiger partial charge is 0.488 e. The summed E-state index contributed by atoms with van der Waals surface area (Å²) in [5.41, 5.74) is 1.75. The first kappa shape index (κ1) is 14.0. The van der Waals surface area contributed by atoms with Gasteiger partial charge in [-0.1, -0.05) is 18.2 Å². The predicted octanol–water partition coefficient (Wildman–Crippen LogP) is 3.33. The summed E-state index contributed by atoms with van der Waals surface area (Å²) in [4.78, 5) is 0. The van der Waals surface area contributed by atoms with Gasteiger partial charge in [-0.3, -0.25) is 0 Å². The highest BCUT2D eigenvalue weighted by atomic mass is 19.1. The summed E-state index contributed by atoms with van der Waals surface area (Å²) in [6.07, 6.45) is -0.753. The van der Waals surface area contributed by atoms with Gasteiger partial charge in [-0.05, 0) is 25.1 Å². The van der Waals surface area contributed by atoms with Crippen molar-refractivity contribution in [2.45, 2.75) is 19.6 Å². The van der Waals surface area contributed by atoms with Crippen LogP contribution < -0.4 is 4.74 Å². The van der Waals surface area contributed by atoms with Crippen molar-refractivity contribution in [2.75, 3.05) is 0 Å². The van der Waals surface area contributed by atoms with Gasteiger partial charge in [-0.25, -0.2) is 4.39 Å². The summed E-state index contributed by atoms with van der Waals surface area (Å²) in [7, 11) is 0. The van der Waals surface area contributed by atoms with Gasteiger partial charge in [-0.2, -0.15) is 5.26 Å². The molecule has 0 fully saturated rings. The number of nitrogens with zero attached hydrogens (tertiary/aromatic N) is 1. The van der Waals surface area contributed by atoms with E-state index in [2.05, 4.69) is 6.07 Å².